The summed E-state index contributed by atoms with van der Waals surface area (Å²) in [6, 6.07) is 0. The number of hydrogen-bond acceptors (Lipinski definition) is 3. The molecule has 0 saturated carbocycles. The predicted molar refractivity (Wildman–Crippen MR) is 74.7 cm³/mol. The van der Waals surface area contributed by atoms with Crippen molar-refractivity contribution < 1.29 is 4.79 Å². The highest BCUT2D eigenvalue weighted by Crippen LogP contribution is 2.11. The molecule has 1 aromatic heterocycles. The molecule has 19 heavy (non-hydrogen) atoms. The second kappa shape index (κ2) is 7.28. The molecule has 1 saturated heterocycles. The van der Waals surface area contributed by atoms with Gasteiger partial charge in [-0.15, -0.1) is 0 Å². The zero-order chi connectivity index (χ0) is 13.5. The zero-order valence-electron chi connectivity index (χ0n) is 11.7. The fourth-order valence-corrected chi connectivity index (χ4v) is 2.45. The molecule has 1 aliphatic heterocycles. The van der Waals surface area contributed by atoms with E-state index in [1.807, 2.05) is 18.0 Å². The number of hydrogen-bond donors (Lipinski definition) is 2. The fourth-order valence-electron chi connectivity index (χ4n) is 2.45. The van der Waals surface area contributed by atoms with Crippen LogP contribution in [0, 0.1) is 6.92 Å². The molecular weight excluding hydrogens is 240 g/mol. The molecule has 0 spiro atoms. The number of H-pyrrole nitrogens is 1. The van der Waals surface area contributed by atoms with E-state index in [1.54, 1.807) is 0 Å². The van der Waals surface area contributed by atoms with Crippen LogP contribution < -0.4 is 5.32 Å². The van der Waals surface area contributed by atoms with Gasteiger partial charge in [0, 0.05) is 37.3 Å². The molecule has 1 aliphatic rings. The first-order valence-corrected chi connectivity index (χ1v) is 7.24. The standard InChI is InChI=1S/C14H24N4O/c1-12-13(11-16-17-12)10-15-7-5-9-18-8-4-2-3-6-14(18)19/h11,15H,2-10H2,1H3,(H,16,17). The second-order valence-electron chi connectivity index (χ2n) is 5.24. The Kier molecular flexibility index (Phi) is 5.39. The topological polar surface area (TPSA) is 61.0 Å². The Labute approximate surface area is 114 Å². The smallest absolute Gasteiger partial charge is 0.222 e. The van der Waals surface area contributed by atoms with Crippen LogP contribution >= 0.6 is 0 Å². The van der Waals surface area contributed by atoms with E-state index in [1.165, 1.54) is 12.0 Å². The molecule has 1 aromatic rings. The van der Waals surface area contributed by atoms with Gasteiger partial charge in [-0.25, -0.2) is 0 Å². The number of nitrogens with one attached hydrogen (secondary N) is 2. The Morgan fingerprint density at radius 2 is 2.32 bits per heavy atom. The van der Waals surface area contributed by atoms with E-state index in [9.17, 15) is 4.79 Å². The van der Waals surface area contributed by atoms with Crippen molar-refractivity contribution in [2.24, 2.45) is 0 Å². The maximum Gasteiger partial charge on any atom is 0.222 e. The largest absolute Gasteiger partial charge is 0.343 e. The highest BCUT2D eigenvalue weighted by atomic mass is 16.2. The van der Waals surface area contributed by atoms with Crippen molar-refractivity contribution in [3.63, 3.8) is 0 Å². The Hall–Kier alpha value is -1.36. The number of carbonyl (C=O) groups is 1. The van der Waals surface area contributed by atoms with E-state index < -0.39 is 0 Å². The molecule has 0 aromatic carbocycles. The summed E-state index contributed by atoms with van der Waals surface area (Å²) in [6.07, 6.45) is 7.03. The maximum atomic E-state index is 11.8. The van der Waals surface area contributed by atoms with Gasteiger partial charge in [0.2, 0.25) is 5.91 Å². The Morgan fingerprint density at radius 3 is 3.11 bits per heavy atom. The van der Waals surface area contributed by atoms with Crippen molar-refractivity contribution in [1.29, 1.82) is 0 Å². The minimum Gasteiger partial charge on any atom is -0.343 e. The van der Waals surface area contributed by atoms with Crippen LogP contribution in [0.2, 0.25) is 0 Å². The van der Waals surface area contributed by atoms with Crippen LogP contribution in [0.4, 0.5) is 0 Å². The number of nitrogens with zero attached hydrogens (tertiary/aromatic N) is 2. The highest BCUT2D eigenvalue weighted by molar-refractivity contribution is 5.76. The van der Waals surface area contributed by atoms with Crippen molar-refractivity contribution in [1.82, 2.24) is 20.4 Å². The van der Waals surface area contributed by atoms with E-state index in [0.29, 0.717) is 5.91 Å². The number of aromatic amines is 1. The summed E-state index contributed by atoms with van der Waals surface area (Å²) < 4.78 is 0. The Bertz CT molecular complexity index is 402. The third kappa shape index (κ3) is 4.35. The third-order valence-corrected chi connectivity index (χ3v) is 3.70. The lowest BCUT2D eigenvalue weighted by atomic mass is 10.2. The number of rotatable bonds is 6. The van der Waals surface area contributed by atoms with Gasteiger partial charge >= 0.3 is 0 Å². The van der Waals surface area contributed by atoms with Crippen LogP contribution in [0.25, 0.3) is 0 Å². The molecule has 106 valence electrons. The lowest BCUT2D eigenvalue weighted by molar-refractivity contribution is -0.130. The molecule has 1 fully saturated rings. The highest BCUT2D eigenvalue weighted by Gasteiger charge is 2.15. The Morgan fingerprint density at radius 1 is 1.42 bits per heavy atom. The van der Waals surface area contributed by atoms with E-state index in [4.69, 9.17) is 0 Å². The van der Waals surface area contributed by atoms with E-state index in [0.717, 1.165) is 57.6 Å². The monoisotopic (exact) mass is 264 g/mol. The molecule has 5 heteroatoms. The number of likely N-dealkylation sites (tertiary alicyclic amines) is 1. The number of carbonyl (C=O) groups excluding carboxylic acids is 1. The van der Waals surface area contributed by atoms with Gasteiger partial charge in [0.05, 0.1) is 6.20 Å². The quantitative estimate of drug-likeness (QED) is 0.767. The van der Waals surface area contributed by atoms with E-state index >= 15 is 0 Å². The lowest BCUT2D eigenvalue weighted by Gasteiger charge is -2.20. The van der Waals surface area contributed by atoms with Gasteiger partial charge in [-0.2, -0.15) is 5.10 Å². The third-order valence-electron chi connectivity index (χ3n) is 3.70. The van der Waals surface area contributed by atoms with Gasteiger partial charge in [0.15, 0.2) is 0 Å². The maximum absolute atomic E-state index is 11.8. The van der Waals surface area contributed by atoms with Crippen molar-refractivity contribution in [2.45, 2.75) is 45.6 Å². The van der Waals surface area contributed by atoms with Crippen LogP contribution in [0.15, 0.2) is 6.20 Å². The summed E-state index contributed by atoms with van der Waals surface area (Å²) in [5.74, 6) is 0.336. The van der Waals surface area contributed by atoms with E-state index in [-0.39, 0.29) is 0 Å². The summed E-state index contributed by atoms with van der Waals surface area (Å²) >= 11 is 0. The molecule has 1 amide bonds. The van der Waals surface area contributed by atoms with Crippen molar-refractivity contribution >= 4 is 5.91 Å². The van der Waals surface area contributed by atoms with Gasteiger partial charge in [-0.1, -0.05) is 6.42 Å². The Balaban J connectivity index is 1.61. The van der Waals surface area contributed by atoms with E-state index in [2.05, 4.69) is 15.5 Å². The van der Waals surface area contributed by atoms with Crippen LogP contribution in [0.5, 0.6) is 0 Å². The minimum atomic E-state index is 0.336. The molecule has 0 atom stereocenters. The summed E-state index contributed by atoms with van der Waals surface area (Å²) in [6.45, 7) is 5.64. The van der Waals surface area contributed by atoms with Gasteiger partial charge in [0.25, 0.3) is 0 Å². The summed E-state index contributed by atoms with van der Waals surface area (Å²) in [5, 5.41) is 10.3. The molecule has 5 nitrogen and oxygen atoms in total. The summed E-state index contributed by atoms with van der Waals surface area (Å²) in [5.41, 5.74) is 2.33. The second-order valence-corrected chi connectivity index (χ2v) is 5.24. The number of aromatic nitrogens is 2. The molecule has 2 rings (SSSR count). The summed E-state index contributed by atoms with van der Waals surface area (Å²) in [7, 11) is 0. The van der Waals surface area contributed by atoms with Gasteiger partial charge in [0.1, 0.15) is 0 Å². The van der Waals surface area contributed by atoms with Crippen molar-refractivity contribution in [3.05, 3.63) is 17.5 Å². The van der Waals surface area contributed by atoms with Crippen LogP contribution in [0.3, 0.4) is 0 Å². The normalized spacial score (nSPS) is 16.7. The molecule has 0 aliphatic carbocycles. The zero-order valence-corrected chi connectivity index (χ0v) is 11.7. The van der Waals surface area contributed by atoms with Crippen LogP contribution in [0.1, 0.15) is 43.4 Å². The van der Waals surface area contributed by atoms with Gasteiger partial charge in [-0.3, -0.25) is 9.89 Å². The first-order chi connectivity index (χ1) is 9.27. The SMILES string of the molecule is Cc1[nH]ncc1CNCCCN1CCCCCC1=O. The van der Waals surface area contributed by atoms with Crippen molar-refractivity contribution in [3.8, 4) is 0 Å². The lowest BCUT2D eigenvalue weighted by Crippen LogP contribution is -2.32. The van der Waals surface area contributed by atoms with Gasteiger partial charge in [-0.05, 0) is 32.7 Å². The average molecular weight is 264 g/mol. The predicted octanol–water partition coefficient (Wildman–Crippen LogP) is 1.60. The van der Waals surface area contributed by atoms with Crippen LogP contribution in [-0.2, 0) is 11.3 Å². The molecule has 0 unspecified atom stereocenters. The first kappa shape index (κ1) is 14.1. The minimum absolute atomic E-state index is 0.336. The molecule has 0 radical (unpaired) electrons. The number of amides is 1. The molecular formula is C14H24N4O. The molecule has 0 bridgehead atoms. The molecule has 2 heterocycles. The average Bonchev–Trinajstić information content (AvgIpc) is 2.69. The first-order valence-electron chi connectivity index (χ1n) is 7.24. The van der Waals surface area contributed by atoms with Gasteiger partial charge < -0.3 is 10.2 Å². The van der Waals surface area contributed by atoms with Crippen LogP contribution in [-0.4, -0.2) is 40.6 Å². The summed E-state index contributed by atoms with van der Waals surface area (Å²) in [4.78, 5) is 13.8. The van der Waals surface area contributed by atoms with Crippen molar-refractivity contribution in [2.75, 3.05) is 19.6 Å². The fraction of sp³-hybridized carbons (Fsp3) is 0.714. The number of aryl methyl sites for hydroxylation is 1. The molecule has 2 N–H and O–H groups in total.